The maximum atomic E-state index is 12.9. The zero-order chi connectivity index (χ0) is 24.9. The number of rotatable bonds is 9. The van der Waals surface area contributed by atoms with Gasteiger partial charge in [-0.25, -0.2) is 8.42 Å². The minimum atomic E-state index is -3.88. The van der Waals surface area contributed by atoms with Crippen LogP contribution >= 0.6 is 23.2 Å². The topological polar surface area (TPSA) is 91.7 Å². The summed E-state index contributed by atoms with van der Waals surface area (Å²) in [6.45, 7) is 2.39. The van der Waals surface area contributed by atoms with E-state index in [4.69, 9.17) is 32.7 Å². The lowest BCUT2D eigenvalue weighted by molar-refractivity contribution is 0.198. The van der Waals surface area contributed by atoms with Crippen LogP contribution in [0.4, 0.5) is 5.69 Å². The number of nitriles is 1. The summed E-state index contributed by atoms with van der Waals surface area (Å²) >= 11 is 12.2. The van der Waals surface area contributed by atoms with Crippen LogP contribution in [0.15, 0.2) is 65.6 Å². The van der Waals surface area contributed by atoms with Crippen LogP contribution in [0.1, 0.15) is 12.5 Å². The van der Waals surface area contributed by atoms with Crippen LogP contribution in [0.3, 0.4) is 0 Å². The van der Waals surface area contributed by atoms with E-state index in [9.17, 15) is 13.7 Å². The van der Waals surface area contributed by atoms with Gasteiger partial charge in [-0.15, -0.1) is 0 Å². The van der Waals surface area contributed by atoms with Crippen molar-refractivity contribution in [2.45, 2.75) is 17.9 Å². The van der Waals surface area contributed by atoms with Gasteiger partial charge >= 0.3 is 0 Å². The standard InChI is InChI=1S/C24H23Cl2N3O4S/c1-16(29(2)3)15-32-24-13-17(7-12-22(24)26)28-34(30,31)19-10-8-18(9-11-19)33-23-6-4-5-21(25)20(23)14-27/h4-13,16,28H,15H2,1-3H3. The lowest BCUT2D eigenvalue weighted by Gasteiger charge is -2.20. The summed E-state index contributed by atoms with van der Waals surface area (Å²) in [5, 5.41) is 9.92. The Labute approximate surface area is 209 Å². The van der Waals surface area contributed by atoms with Crippen LogP contribution in [0.2, 0.25) is 10.0 Å². The molecule has 0 aliphatic carbocycles. The number of nitrogens with zero attached hydrogens (tertiary/aromatic N) is 2. The van der Waals surface area contributed by atoms with Gasteiger partial charge < -0.3 is 14.4 Å². The van der Waals surface area contributed by atoms with E-state index in [1.807, 2.05) is 32.0 Å². The molecule has 0 fully saturated rings. The minimum absolute atomic E-state index is 0.0325. The number of likely N-dealkylation sites (N-methyl/N-ethyl adjacent to an activating group) is 1. The van der Waals surface area contributed by atoms with Gasteiger partial charge in [-0.1, -0.05) is 29.3 Å². The fourth-order valence-corrected chi connectivity index (χ4v) is 4.19. The number of hydrogen-bond donors (Lipinski definition) is 1. The van der Waals surface area contributed by atoms with E-state index >= 15 is 0 Å². The molecule has 10 heteroatoms. The molecule has 178 valence electrons. The average Bonchev–Trinajstić information content (AvgIpc) is 2.79. The molecular formula is C24H23Cl2N3O4S. The number of anilines is 1. The van der Waals surface area contributed by atoms with E-state index in [1.54, 1.807) is 36.4 Å². The highest BCUT2D eigenvalue weighted by atomic mass is 35.5. The molecule has 1 atom stereocenters. The van der Waals surface area contributed by atoms with E-state index in [2.05, 4.69) is 4.72 Å². The van der Waals surface area contributed by atoms with Crippen LogP contribution in [0.5, 0.6) is 17.2 Å². The van der Waals surface area contributed by atoms with Crippen molar-refractivity contribution in [3.8, 4) is 23.3 Å². The highest BCUT2D eigenvalue weighted by molar-refractivity contribution is 7.92. The highest BCUT2D eigenvalue weighted by Gasteiger charge is 2.17. The molecule has 1 unspecified atom stereocenters. The third-order valence-corrected chi connectivity index (χ3v) is 7.02. The number of nitrogens with one attached hydrogen (secondary N) is 1. The number of hydrogen-bond acceptors (Lipinski definition) is 6. The van der Waals surface area contributed by atoms with Gasteiger partial charge in [0.25, 0.3) is 10.0 Å². The first-order valence-electron chi connectivity index (χ1n) is 10.2. The van der Waals surface area contributed by atoms with Crippen LogP contribution in [-0.2, 0) is 10.0 Å². The highest BCUT2D eigenvalue weighted by Crippen LogP contribution is 2.32. The zero-order valence-electron chi connectivity index (χ0n) is 18.7. The molecule has 0 saturated heterocycles. The van der Waals surface area contributed by atoms with Gasteiger partial charge in [-0.2, -0.15) is 5.26 Å². The lowest BCUT2D eigenvalue weighted by atomic mass is 10.2. The van der Waals surface area contributed by atoms with Gasteiger partial charge in [0.15, 0.2) is 0 Å². The minimum Gasteiger partial charge on any atom is -0.490 e. The van der Waals surface area contributed by atoms with E-state index in [0.29, 0.717) is 28.8 Å². The Kier molecular flexibility index (Phi) is 8.28. The predicted octanol–water partition coefficient (Wildman–Crippen LogP) is 5.79. The monoisotopic (exact) mass is 519 g/mol. The molecule has 3 aromatic carbocycles. The Bertz CT molecular complexity index is 1310. The molecule has 0 spiro atoms. The fraction of sp³-hybridized carbons (Fsp3) is 0.208. The number of halogens is 2. The molecule has 3 aromatic rings. The molecule has 0 radical (unpaired) electrons. The maximum absolute atomic E-state index is 12.9. The van der Waals surface area contributed by atoms with Gasteiger partial charge in [-0.05, 0) is 69.6 Å². The molecular weight excluding hydrogens is 497 g/mol. The van der Waals surface area contributed by atoms with Crippen molar-refractivity contribution in [1.29, 1.82) is 5.26 Å². The molecule has 0 aromatic heterocycles. The molecule has 0 saturated carbocycles. The Morgan fingerprint density at radius 1 is 1.03 bits per heavy atom. The Morgan fingerprint density at radius 2 is 1.74 bits per heavy atom. The van der Waals surface area contributed by atoms with Crippen LogP contribution in [0, 0.1) is 11.3 Å². The first-order chi connectivity index (χ1) is 16.1. The molecule has 3 rings (SSSR count). The Morgan fingerprint density at radius 3 is 2.38 bits per heavy atom. The Hall–Kier alpha value is -2.96. The van der Waals surface area contributed by atoms with Crippen molar-refractivity contribution in [3.05, 3.63) is 76.3 Å². The molecule has 34 heavy (non-hydrogen) atoms. The zero-order valence-corrected chi connectivity index (χ0v) is 21.1. The van der Waals surface area contributed by atoms with E-state index in [0.717, 1.165) is 0 Å². The number of benzene rings is 3. The third kappa shape index (κ3) is 6.33. The van der Waals surface area contributed by atoms with Gasteiger partial charge in [-0.3, -0.25) is 4.72 Å². The summed E-state index contributed by atoms with van der Waals surface area (Å²) in [5.41, 5.74) is 0.512. The summed E-state index contributed by atoms with van der Waals surface area (Å²) < 4.78 is 39.7. The molecule has 0 aliphatic heterocycles. The second kappa shape index (κ2) is 11.0. The van der Waals surface area contributed by atoms with Crippen LogP contribution in [-0.4, -0.2) is 40.1 Å². The van der Waals surface area contributed by atoms with E-state index in [-0.39, 0.29) is 27.3 Å². The summed E-state index contributed by atoms with van der Waals surface area (Å²) in [4.78, 5) is 2.03. The maximum Gasteiger partial charge on any atom is 0.261 e. The average molecular weight is 520 g/mol. The number of ether oxygens (including phenoxy) is 2. The predicted molar refractivity (Wildman–Crippen MR) is 134 cm³/mol. The lowest BCUT2D eigenvalue weighted by Crippen LogP contribution is -2.30. The second-order valence-corrected chi connectivity index (χ2v) is 10.2. The SMILES string of the molecule is CC(COc1cc(NS(=O)(=O)c2ccc(Oc3cccc(Cl)c3C#N)cc2)ccc1Cl)N(C)C. The second-order valence-electron chi connectivity index (χ2n) is 7.67. The van der Waals surface area contributed by atoms with Crippen molar-refractivity contribution >= 4 is 38.9 Å². The van der Waals surface area contributed by atoms with Gasteiger partial charge in [0, 0.05) is 12.1 Å². The molecule has 1 N–H and O–H groups in total. The molecule has 0 amide bonds. The van der Waals surface area contributed by atoms with E-state index in [1.165, 1.54) is 24.3 Å². The van der Waals surface area contributed by atoms with Crippen molar-refractivity contribution < 1.29 is 17.9 Å². The van der Waals surface area contributed by atoms with Crippen LogP contribution < -0.4 is 14.2 Å². The van der Waals surface area contributed by atoms with Crippen molar-refractivity contribution in [2.24, 2.45) is 0 Å². The van der Waals surface area contributed by atoms with E-state index < -0.39 is 10.0 Å². The van der Waals surface area contributed by atoms with Crippen molar-refractivity contribution in [3.63, 3.8) is 0 Å². The number of sulfonamides is 1. The summed E-state index contributed by atoms with van der Waals surface area (Å²) in [6, 6.07) is 17.5. The first kappa shape index (κ1) is 25.7. The van der Waals surface area contributed by atoms with Crippen molar-refractivity contribution in [2.75, 3.05) is 25.4 Å². The molecule has 0 bridgehead atoms. The molecule has 0 aliphatic rings. The third-order valence-electron chi connectivity index (χ3n) is 4.99. The van der Waals surface area contributed by atoms with Crippen molar-refractivity contribution in [1.82, 2.24) is 4.90 Å². The van der Waals surface area contributed by atoms with Gasteiger partial charge in [0.2, 0.25) is 0 Å². The fourth-order valence-electron chi connectivity index (χ4n) is 2.76. The largest absolute Gasteiger partial charge is 0.490 e. The quantitative estimate of drug-likeness (QED) is 0.384. The Balaban J connectivity index is 1.74. The molecule has 7 nitrogen and oxygen atoms in total. The normalized spacial score (nSPS) is 12.1. The smallest absolute Gasteiger partial charge is 0.261 e. The van der Waals surface area contributed by atoms with Gasteiger partial charge in [0.1, 0.15) is 35.5 Å². The molecule has 0 heterocycles. The summed E-state index contributed by atoms with van der Waals surface area (Å²) in [7, 11) is -0.00584. The first-order valence-corrected chi connectivity index (χ1v) is 12.4. The summed E-state index contributed by atoms with van der Waals surface area (Å²) in [5.74, 6) is 1.02. The van der Waals surface area contributed by atoms with Gasteiger partial charge in [0.05, 0.1) is 20.6 Å². The van der Waals surface area contributed by atoms with Crippen LogP contribution in [0.25, 0.3) is 0 Å². The summed E-state index contributed by atoms with van der Waals surface area (Å²) in [6.07, 6.45) is 0.